The van der Waals surface area contributed by atoms with Crippen LogP contribution in [0.1, 0.15) is 27.7 Å². The van der Waals surface area contributed by atoms with Crippen molar-refractivity contribution in [3.8, 4) is 0 Å². The Kier molecular flexibility index (Phi) is 7.16. The summed E-state index contributed by atoms with van der Waals surface area (Å²) in [5.41, 5.74) is 5.64. The molecule has 8 nitrogen and oxygen atoms in total. The van der Waals surface area contributed by atoms with Crippen molar-refractivity contribution in [2.45, 2.75) is 51.9 Å². The van der Waals surface area contributed by atoms with Crippen molar-refractivity contribution in [3.63, 3.8) is 0 Å². The molecule has 0 aromatic rings. The number of aliphatic hydroxyl groups is 1. The first-order valence-corrected chi connectivity index (χ1v) is 6.35. The fourth-order valence-corrected chi connectivity index (χ4v) is 1.32. The van der Waals surface area contributed by atoms with Crippen molar-refractivity contribution >= 4 is 17.8 Å². The Morgan fingerprint density at radius 2 is 1.50 bits per heavy atom. The molecule has 0 aliphatic rings. The average Bonchev–Trinajstić information content (AvgIpc) is 2.33. The molecule has 0 aromatic carbocycles. The predicted molar refractivity (Wildman–Crippen MR) is 71.7 cm³/mol. The highest BCUT2D eigenvalue weighted by molar-refractivity contribution is 5.92. The van der Waals surface area contributed by atoms with Gasteiger partial charge >= 0.3 is 5.97 Å². The Balaban J connectivity index is 4.77. The minimum atomic E-state index is -1.26. The third kappa shape index (κ3) is 5.54. The molecule has 2 amide bonds. The summed E-state index contributed by atoms with van der Waals surface area (Å²) in [6, 6.07) is -3.20. The lowest BCUT2D eigenvalue weighted by Gasteiger charge is -2.24. The molecule has 6 N–H and O–H groups in total. The Hall–Kier alpha value is -1.67. The number of carbonyl (C=O) groups is 3. The first kappa shape index (κ1) is 18.3. The highest BCUT2D eigenvalue weighted by atomic mass is 16.4. The SMILES string of the molecule is CC(C)[C@H](N)C(=O)N[C@H](C(=O)N[C@@H](C)C(=O)O)[C@@H](C)O. The summed E-state index contributed by atoms with van der Waals surface area (Å²) in [7, 11) is 0. The minimum Gasteiger partial charge on any atom is -0.480 e. The van der Waals surface area contributed by atoms with Gasteiger partial charge in [-0.3, -0.25) is 14.4 Å². The van der Waals surface area contributed by atoms with E-state index in [-0.39, 0.29) is 5.92 Å². The lowest BCUT2D eigenvalue weighted by Crippen LogP contribution is -2.58. The number of hydrogen-bond donors (Lipinski definition) is 5. The van der Waals surface area contributed by atoms with Crippen LogP contribution in [0.2, 0.25) is 0 Å². The summed E-state index contributed by atoms with van der Waals surface area (Å²) in [6.45, 7) is 6.08. The fraction of sp³-hybridized carbons (Fsp3) is 0.750. The van der Waals surface area contributed by atoms with E-state index in [1.807, 2.05) is 0 Å². The number of nitrogens with two attached hydrogens (primary N) is 1. The van der Waals surface area contributed by atoms with Gasteiger partial charge in [0.2, 0.25) is 11.8 Å². The van der Waals surface area contributed by atoms with E-state index in [4.69, 9.17) is 10.8 Å². The Morgan fingerprint density at radius 1 is 1.00 bits per heavy atom. The molecule has 0 spiro atoms. The fourth-order valence-electron chi connectivity index (χ4n) is 1.32. The van der Waals surface area contributed by atoms with Gasteiger partial charge in [0.15, 0.2) is 0 Å². The number of carbonyl (C=O) groups excluding carboxylic acids is 2. The molecule has 0 aliphatic carbocycles. The van der Waals surface area contributed by atoms with Gasteiger partial charge in [0, 0.05) is 0 Å². The Labute approximate surface area is 117 Å². The summed E-state index contributed by atoms with van der Waals surface area (Å²) in [6.07, 6.45) is -1.18. The molecular formula is C12H23N3O5. The van der Waals surface area contributed by atoms with E-state index >= 15 is 0 Å². The van der Waals surface area contributed by atoms with E-state index < -0.39 is 42.0 Å². The normalized spacial score (nSPS) is 16.9. The molecular weight excluding hydrogens is 266 g/mol. The standard InChI is InChI=1S/C12H23N3O5/c1-5(2)8(13)10(17)15-9(7(4)16)11(18)14-6(3)12(19)20/h5-9,16H,13H2,1-4H3,(H,14,18)(H,15,17)(H,19,20)/t6-,7+,8-,9-/m0/s1. The maximum absolute atomic E-state index is 11.8. The second-order valence-electron chi connectivity index (χ2n) is 5.07. The predicted octanol–water partition coefficient (Wildman–Crippen LogP) is -1.58. The van der Waals surface area contributed by atoms with Crippen LogP contribution in [0.3, 0.4) is 0 Å². The van der Waals surface area contributed by atoms with Gasteiger partial charge in [0.1, 0.15) is 12.1 Å². The van der Waals surface area contributed by atoms with E-state index in [1.165, 1.54) is 13.8 Å². The van der Waals surface area contributed by atoms with Crippen LogP contribution in [-0.4, -0.2) is 52.2 Å². The van der Waals surface area contributed by atoms with E-state index in [2.05, 4.69) is 10.6 Å². The summed E-state index contributed by atoms with van der Waals surface area (Å²) >= 11 is 0. The van der Waals surface area contributed by atoms with Crippen LogP contribution in [0.5, 0.6) is 0 Å². The molecule has 0 aliphatic heterocycles. The van der Waals surface area contributed by atoms with Crippen molar-refractivity contribution in [1.29, 1.82) is 0 Å². The van der Waals surface area contributed by atoms with Crippen molar-refractivity contribution in [3.05, 3.63) is 0 Å². The summed E-state index contributed by atoms with van der Waals surface area (Å²) in [5, 5.41) is 22.8. The molecule has 0 saturated heterocycles. The van der Waals surface area contributed by atoms with Gasteiger partial charge in [-0.2, -0.15) is 0 Å². The monoisotopic (exact) mass is 289 g/mol. The number of carboxylic acid groups (broad SMARTS) is 1. The number of aliphatic carboxylic acids is 1. The second kappa shape index (κ2) is 7.81. The Bertz CT molecular complexity index is 370. The van der Waals surface area contributed by atoms with Crippen LogP contribution in [0, 0.1) is 5.92 Å². The smallest absolute Gasteiger partial charge is 0.325 e. The number of hydrogen-bond acceptors (Lipinski definition) is 5. The number of rotatable bonds is 7. The highest BCUT2D eigenvalue weighted by Gasteiger charge is 2.30. The zero-order valence-corrected chi connectivity index (χ0v) is 12.1. The van der Waals surface area contributed by atoms with Crippen molar-refractivity contribution in [2.24, 2.45) is 11.7 Å². The van der Waals surface area contributed by atoms with Crippen LogP contribution in [0.15, 0.2) is 0 Å². The first-order valence-electron chi connectivity index (χ1n) is 6.35. The van der Waals surface area contributed by atoms with Gasteiger partial charge in [0.05, 0.1) is 12.1 Å². The van der Waals surface area contributed by atoms with Crippen molar-refractivity contribution < 1.29 is 24.6 Å². The number of amides is 2. The van der Waals surface area contributed by atoms with Gasteiger partial charge in [-0.25, -0.2) is 0 Å². The van der Waals surface area contributed by atoms with Crippen molar-refractivity contribution in [2.75, 3.05) is 0 Å². The molecule has 0 heterocycles. The molecule has 0 radical (unpaired) electrons. The minimum absolute atomic E-state index is 0.134. The molecule has 0 rings (SSSR count). The van der Waals surface area contributed by atoms with Crippen LogP contribution in [0.4, 0.5) is 0 Å². The van der Waals surface area contributed by atoms with Crippen LogP contribution in [0.25, 0.3) is 0 Å². The van der Waals surface area contributed by atoms with Gasteiger partial charge in [-0.05, 0) is 19.8 Å². The maximum atomic E-state index is 11.8. The largest absolute Gasteiger partial charge is 0.480 e. The molecule has 0 bridgehead atoms. The molecule has 0 unspecified atom stereocenters. The summed E-state index contributed by atoms with van der Waals surface area (Å²) in [4.78, 5) is 34.3. The second-order valence-corrected chi connectivity index (χ2v) is 5.07. The molecule has 20 heavy (non-hydrogen) atoms. The molecule has 0 aromatic heterocycles. The van der Waals surface area contributed by atoms with Crippen LogP contribution < -0.4 is 16.4 Å². The molecule has 116 valence electrons. The van der Waals surface area contributed by atoms with E-state index in [0.717, 1.165) is 0 Å². The van der Waals surface area contributed by atoms with Gasteiger partial charge in [-0.1, -0.05) is 13.8 Å². The molecule has 4 atom stereocenters. The van der Waals surface area contributed by atoms with Gasteiger partial charge in [0.25, 0.3) is 0 Å². The lowest BCUT2D eigenvalue weighted by atomic mass is 10.0. The zero-order valence-electron chi connectivity index (χ0n) is 12.1. The molecule has 0 saturated carbocycles. The summed E-state index contributed by atoms with van der Waals surface area (Å²) < 4.78 is 0. The van der Waals surface area contributed by atoms with E-state index in [1.54, 1.807) is 13.8 Å². The summed E-state index contributed by atoms with van der Waals surface area (Å²) in [5.74, 6) is -2.71. The zero-order chi connectivity index (χ0) is 16.0. The Morgan fingerprint density at radius 3 is 1.85 bits per heavy atom. The average molecular weight is 289 g/mol. The lowest BCUT2D eigenvalue weighted by molar-refractivity contribution is -0.142. The highest BCUT2D eigenvalue weighted by Crippen LogP contribution is 2.01. The molecule has 0 fully saturated rings. The van der Waals surface area contributed by atoms with Crippen LogP contribution in [-0.2, 0) is 14.4 Å². The van der Waals surface area contributed by atoms with E-state index in [9.17, 15) is 19.5 Å². The maximum Gasteiger partial charge on any atom is 0.325 e. The van der Waals surface area contributed by atoms with Gasteiger partial charge in [-0.15, -0.1) is 0 Å². The first-order chi connectivity index (χ1) is 9.07. The quantitative estimate of drug-likeness (QED) is 0.383. The van der Waals surface area contributed by atoms with E-state index in [0.29, 0.717) is 0 Å². The molecule has 8 heteroatoms. The van der Waals surface area contributed by atoms with Crippen LogP contribution >= 0.6 is 0 Å². The van der Waals surface area contributed by atoms with Gasteiger partial charge < -0.3 is 26.6 Å². The number of carboxylic acids is 1. The third-order valence-corrected chi connectivity index (χ3v) is 2.81. The number of aliphatic hydroxyl groups excluding tert-OH is 1. The van der Waals surface area contributed by atoms with Crippen molar-refractivity contribution in [1.82, 2.24) is 10.6 Å². The number of nitrogens with one attached hydrogen (secondary N) is 2. The topological polar surface area (TPSA) is 142 Å². The third-order valence-electron chi connectivity index (χ3n) is 2.81.